The molecule has 0 radical (unpaired) electrons. The first-order valence-corrected chi connectivity index (χ1v) is 17.4. The molecule has 2 aliphatic rings. The number of hydrogen-bond donors (Lipinski definition) is 5. The summed E-state index contributed by atoms with van der Waals surface area (Å²) in [5, 5.41) is 28.7. The average molecular weight is 686 g/mol. The quantitative estimate of drug-likeness (QED) is 0.117. The first-order valence-electron chi connectivity index (χ1n) is 15.8. The molecule has 5 unspecified atom stereocenters. The normalized spacial score (nSPS) is 27.8. The smallest absolute Gasteiger partial charge is 0.342 e. The Bertz CT molecular complexity index is 1450. The van der Waals surface area contributed by atoms with E-state index in [-0.39, 0.29) is 55.4 Å². The Labute approximate surface area is 273 Å². The number of anilines is 1. The highest BCUT2D eigenvalue weighted by molar-refractivity contribution is 7.54. The number of nitrogens with zero attached hydrogens (tertiary/aromatic N) is 4. The fourth-order valence-electron chi connectivity index (χ4n) is 6.23. The highest BCUT2D eigenvalue weighted by Crippen LogP contribution is 2.68. The highest BCUT2D eigenvalue weighted by atomic mass is 31.2. The lowest BCUT2D eigenvalue weighted by Gasteiger charge is -2.31. The number of rotatable bonds is 17. The van der Waals surface area contributed by atoms with Gasteiger partial charge in [-0.15, -0.1) is 0 Å². The third-order valence-corrected chi connectivity index (χ3v) is 10.2. The molecule has 7 atom stereocenters. The number of fused-ring (bicyclic) bond motifs is 2. The van der Waals surface area contributed by atoms with E-state index in [4.69, 9.17) is 29.2 Å². The summed E-state index contributed by atoms with van der Waals surface area (Å²) in [5.74, 6) is -1.20. The van der Waals surface area contributed by atoms with Gasteiger partial charge in [-0.05, 0) is 45.4 Å². The zero-order valence-corrected chi connectivity index (χ0v) is 29.0. The number of carbonyl (C=O) groups is 2. The molecule has 2 aromatic heterocycles. The van der Waals surface area contributed by atoms with E-state index in [9.17, 15) is 24.4 Å². The summed E-state index contributed by atoms with van der Waals surface area (Å²) < 4.78 is 43.8. The molecule has 2 aromatic rings. The summed E-state index contributed by atoms with van der Waals surface area (Å²) in [4.78, 5) is 38.4. The van der Waals surface area contributed by atoms with E-state index in [1.54, 1.807) is 20.8 Å². The lowest BCUT2D eigenvalue weighted by Crippen LogP contribution is -2.46. The second kappa shape index (κ2) is 14.3. The van der Waals surface area contributed by atoms with Crippen molar-refractivity contribution in [2.24, 2.45) is 11.8 Å². The number of nitrogens with two attached hydrogens (primary N) is 1. The van der Waals surface area contributed by atoms with E-state index in [0.29, 0.717) is 5.52 Å². The number of aliphatic hydroxyl groups excluding tert-OH is 1. The first-order chi connectivity index (χ1) is 22.0. The molecule has 1 saturated heterocycles. The molecular formula is C29H48N7O10P. The van der Waals surface area contributed by atoms with Crippen LogP contribution in [-0.2, 0) is 32.9 Å². The fourth-order valence-corrected chi connectivity index (χ4v) is 8.05. The van der Waals surface area contributed by atoms with Gasteiger partial charge in [0, 0.05) is 0 Å². The molecule has 264 valence electrons. The van der Waals surface area contributed by atoms with Gasteiger partial charge in [-0.2, -0.15) is 9.97 Å². The van der Waals surface area contributed by atoms with Crippen molar-refractivity contribution in [1.82, 2.24) is 29.7 Å². The summed E-state index contributed by atoms with van der Waals surface area (Å²) in [5.41, 5.74) is 3.29. The second-order valence-electron chi connectivity index (χ2n) is 12.8. The highest BCUT2D eigenvalue weighted by Gasteiger charge is 2.85. The van der Waals surface area contributed by atoms with Gasteiger partial charge < -0.3 is 44.0 Å². The Balaban J connectivity index is 1.59. The molecule has 6 N–H and O–H groups in total. The van der Waals surface area contributed by atoms with Crippen molar-refractivity contribution in [2.75, 3.05) is 32.7 Å². The number of aliphatic hydroxyl groups is 2. The van der Waals surface area contributed by atoms with Gasteiger partial charge in [0.15, 0.2) is 11.2 Å². The summed E-state index contributed by atoms with van der Waals surface area (Å²) in [7, 11) is -2.86. The van der Waals surface area contributed by atoms with Crippen LogP contribution in [0.15, 0.2) is 6.33 Å². The number of hydrogen-bond acceptors (Lipinski definition) is 14. The molecule has 1 aliphatic heterocycles. The van der Waals surface area contributed by atoms with Crippen LogP contribution in [0.5, 0.6) is 5.88 Å². The zero-order chi connectivity index (χ0) is 34.9. The van der Waals surface area contributed by atoms with E-state index >= 15 is 0 Å². The average Bonchev–Trinajstić information content (AvgIpc) is 3.19. The first kappa shape index (κ1) is 36.9. The molecule has 0 amide bonds. The minimum atomic E-state index is -4.27. The number of carbonyl (C=O) groups excluding carboxylic acids is 2. The molecular weight excluding hydrogens is 637 g/mol. The topological polar surface area (TPSA) is 232 Å². The molecule has 0 spiro atoms. The minimum Gasteiger partial charge on any atom is -0.479 e. The molecule has 47 heavy (non-hydrogen) atoms. The Morgan fingerprint density at radius 3 is 2.09 bits per heavy atom. The molecule has 4 rings (SSSR count). The van der Waals surface area contributed by atoms with Crippen molar-refractivity contribution in [3.8, 4) is 5.88 Å². The van der Waals surface area contributed by atoms with Gasteiger partial charge in [-0.1, -0.05) is 27.7 Å². The maximum Gasteiger partial charge on any atom is 0.342 e. The fraction of sp³-hybridized carbons (Fsp3) is 0.759. The van der Waals surface area contributed by atoms with Crippen LogP contribution in [-0.4, -0.2) is 104 Å². The second-order valence-corrected chi connectivity index (χ2v) is 14.7. The molecule has 18 heteroatoms. The number of nitrogen functional groups attached to an aromatic ring is 1. The number of ether oxygens (including phenoxy) is 4. The van der Waals surface area contributed by atoms with E-state index < -0.39 is 67.8 Å². The molecule has 2 fully saturated rings. The van der Waals surface area contributed by atoms with Gasteiger partial charge in [0.2, 0.25) is 11.8 Å². The third kappa shape index (κ3) is 7.26. The van der Waals surface area contributed by atoms with Crippen LogP contribution in [0.25, 0.3) is 11.2 Å². The van der Waals surface area contributed by atoms with Gasteiger partial charge in [-0.25, -0.2) is 15.2 Å². The molecule has 0 bridgehead atoms. The van der Waals surface area contributed by atoms with Crippen LogP contribution < -0.4 is 20.6 Å². The number of nitrogens with one attached hydrogen (secondary N) is 2. The van der Waals surface area contributed by atoms with E-state index in [0.717, 1.165) is 0 Å². The minimum absolute atomic E-state index is 0.0000461. The number of methoxy groups -OCH3 is 1. The molecule has 17 nitrogen and oxygen atoms in total. The van der Waals surface area contributed by atoms with Crippen LogP contribution in [0.2, 0.25) is 0 Å². The summed E-state index contributed by atoms with van der Waals surface area (Å²) in [6, 6.07) is -2.93. The van der Waals surface area contributed by atoms with Gasteiger partial charge in [-0.3, -0.25) is 14.2 Å². The molecule has 1 aliphatic carbocycles. The predicted molar refractivity (Wildman–Crippen MR) is 169 cm³/mol. The lowest BCUT2D eigenvalue weighted by molar-refractivity contribution is -0.146. The SMILES string of the molecule is CCOC(=O)C(CC(C)C)NP(=O)(NC(CC(C)C)C(=O)OCC)OC[C@H]1OC2(C)[C@@H](n3cnc4c(OC)nc(N)nc43)C2(O)C1O. The van der Waals surface area contributed by atoms with Crippen LogP contribution in [0.3, 0.4) is 0 Å². The van der Waals surface area contributed by atoms with Crippen molar-refractivity contribution in [3.63, 3.8) is 0 Å². The largest absolute Gasteiger partial charge is 0.479 e. The summed E-state index contributed by atoms with van der Waals surface area (Å²) in [6.45, 7) is 12.2. The van der Waals surface area contributed by atoms with E-state index in [1.807, 2.05) is 27.7 Å². The number of esters is 2. The van der Waals surface area contributed by atoms with Gasteiger partial charge in [0.25, 0.3) is 0 Å². The van der Waals surface area contributed by atoms with Gasteiger partial charge in [0.1, 0.15) is 41.5 Å². The van der Waals surface area contributed by atoms with Crippen molar-refractivity contribution in [1.29, 1.82) is 0 Å². The van der Waals surface area contributed by atoms with Crippen LogP contribution in [0.1, 0.15) is 67.3 Å². The van der Waals surface area contributed by atoms with Crippen molar-refractivity contribution in [2.45, 2.75) is 103 Å². The van der Waals surface area contributed by atoms with Crippen molar-refractivity contribution in [3.05, 3.63) is 6.33 Å². The van der Waals surface area contributed by atoms with Crippen LogP contribution in [0, 0.1) is 11.8 Å². The standard InChI is InChI=1S/C29H48N7O10P/c1-9-43-24(38)17(11-15(3)4)34-47(41,35-18(12-16(5)6)25(39)44-10-2)45-13-19-21(37)29(40)26(28(29,7)46-19)36-14-31-20-22(36)32-27(30)33-23(20)42-8/h14-19,21,26,37,40H,9-13H2,1-8H3,(H2,30,32,33)(H2,34,35,41)/t17?,18?,19-,21?,26-,28?,29?,47?/m1/s1. The van der Waals surface area contributed by atoms with E-state index in [2.05, 4.69) is 25.1 Å². The Morgan fingerprint density at radius 2 is 1.64 bits per heavy atom. The molecule has 1 saturated carbocycles. The Hall–Kier alpha value is -2.92. The molecule has 3 heterocycles. The van der Waals surface area contributed by atoms with Gasteiger partial charge >= 0.3 is 19.6 Å². The lowest BCUT2D eigenvalue weighted by atomic mass is 10.1. The third-order valence-electron chi connectivity index (χ3n) is 8.36. The Morgan fingerprint density at radius 1 is 1.09 bits per heavy atom. The van der Waals surface area contributed by atoms with Crippen LogP contribution >= 0.6 is 7.67 Å². The number of imidazole rings is 1. The summed E-state index contributed by atoms with van der Waals surface area (Å²) >= 11 is 0. The maximum absolute atomic E-state index is 14.5. The van der Waals surface area contributed by atoms with Gasteiger partial charge in [0.05, 0.1) is 33.3 Å². The Kier molecular flexibility index (Phi) is 11.2. The van der Waals surface area contributed by atoms with Crippen LogP contribution in [0.4, 0.5) is 5.95 Å². The van der Waals surface area contributed by atoms with Crippen molar-refractivity contribution >= 4 is 36.7 Å². The zero-order valence-electron chi connectivity index (χ0n) is 28.1. The van der Waals surface area contributed by atoms with Crippen molar-refractivity contribution < 1.29 is 47.8 Å². The number of aromatic nitrogens is 4. The predicted octanol–water partition coefficient (Wildman–Crippen LogP) is 1.48. The summed E-state index contributed by atoms with van der Waals surface area (Å²) in [6.07, 6.45) is -0.743. The maximum atomic E-state index is 14.5. The van der Waals surface area contributed by atoms with E-state index in [1.165, 1.54) is 18.0 Å². The molecule has 0 aromatic carbocycles. The monoisotopic (exact) mass is 685 g/mol.